The predicted molar refractivity (Wildman–Crippen MR) is 123 cm³/mol. The van der Waals surface area contributed by atoms with Gasteiger partial charge < -0.3 is 4.74 Å². The minimum Gasteiger partial charge on any atom is -0.483 e. The Morgan fingerprint density at radius 3 is 2.29 bits per heavy atom. The average Bonchev–Trinajstić information content (AvgIpc) is 2.77. The summed E-state index contributed by atoms with van der Waals surface area (Å²) >= 11 is 3.20. The van der Waals surface area contributed by atoms with Crippen molar-refractivity contribution < 1.29 is 14.5 Å². The number of hydrogen-bond donors (Lipinski definition) is 1. The highest BCUT2D eigenvalue weighted by atomic mass is 79.9. The van der Waals surface area contributed by atoms with Crippen LogP contribution < -0.4 is 10.2 Å². The lowest BCUT2D eigenvalue weighted by atomic mass is 9.97. The van der Waals surface area contributed by atoms with Crippen molar-refractivity contribution in [3.63, 3.8) is 0 Å². The number of benzene rings is 4. The van der Waals surface area contributed by atoms with Crippen LogP contribution in [0.5, 0.6) is 5.75 Å². The summed E-state index contributed by atoms with van der Waals surface area (Å²) in [4.78, 5) is 22.4. The van der Waals surface area contributed by atoms with Gasteiger partial charge in [0.15, 0.2) is 6.61 Å². The van der Waals surface area contributed by atoms with E-state index in [0.717, 1.165) is 27.1 Å². The summed E-state index contributed by atoms with van der Waals surface area (Å²) in [5.74, 6) is -0.129. The molecule has 154 valence electrons. The van der Waals surface area contributed by atoms with Gasteiger partial charge in [-0.3, -0.25) is 14.9 Å². The lowest BCUT2D eigenvalue weighted by molar-refractivity contribution is -0.384. The van der Waals surface area contributed by atoms with E-state index in [9.17, 15) is 14.9 Å². The summed E-state index contributed by atoms with van der Waals surface area (Å²) in [5.41, 5.74) is 3.30. The van der Waals surface area contributed by atoms with Gasteiger partial charge in [-0.15, -0.1) is 0 Å². The van der Waals surface area contributed by atoms with Gasteiger partial charge >= 0.3 is 0 Å². The van der Waals surface area contributed by atoms with Crippen LogP contribution in [0.1, 0.15) is 5.56 Å². The summed E-state index contributed by atoms with van der Waals surface area (Å²) in [5, 5.41) is 19.1. The predicted octanol–water partition coefficient (Wildman–Crippen LogP) is 5.19. The van der Waals surface area contributed by atoms with Crippen LogP contribution in [0.3, 0.4) is 0 Å². The number of nitro benzene ring substituents is 1. The lowest BCUT2D eigenvalue weighted by Gasteiger charge is -2.08. The molecule has 0 heterocycles. The van der Waals surface area contributed by atoms with Gasteiger partial charge in [-0.25, -0.2) is 5.43 Å². The summed E-state index contributed by atoms with van der Waals surface area (Å²) < 4.78 is 5.81. The second-order valence-corrected chi connectivity index (χ2v) is 7.54. The molecule has 0 saturated heterocycles. The second-order valence-electron chi connectivity index (χ2n) is 6.69. The Bertz CT molecular complexity index is 1280. The van der Waals surface area contributed by atoms with E-state index in [1.807, 2.05) is 48.5 Å². The number of ether oxygens (including phenoxy) is 1. The molecule has 0 saturated carbocycles. The van der Waals surface area contributed by atoms with Crippen molar-refractivity contribution in [1.29, 1.82) is 0 Å². The highest BCUT2D eigenvalue weighted by molar-refractivity contribution is 9.10. The van der Waals surface area contributed by atoms with E-state index in [0.29, 0.717) is 10.2 Å². The van der Waals surface area contributed by atoms with E-state index in [2.05, 4.69) is 32.5 Å². The highest BCUT2D eigenvalue weighted by Crippen LogP contribution is 2.29. The van der Waals surface area contributed by atoms with Crippen LogP contribution in [-0.4, -0.2) is 23.7 Å². The maximum atomic E-state index is 12.1. The average molecular weight is 478 g/mol. The summed E-state index contributed by atoms with van der Waals surface area (Å²) in [6.45, 7) is -0.288. The van der Waals surface area contributed by atoms with Gasteiger partial charge in [-0.05, 0) is 49.6 Å². The van der Waals surface area contributed by atoms with E-state index >= 15 is 0 Å². The molecule has 0 aliphatic carbocycles. The molecular formula is C23H16BrN3O4. The maximum absolute atomic E-state index is 12.1. The number of carbonyl (C=O) groups is 1. The first kappa shape index (κ1) is 20.5. The molecule has 0 spiro atoms. The third-order valence-electron chi connectivity index (χ3n) is 4.68. The molecule has 7 nitrogen and oxygen atoms in total. The van der Waals surface area contributed by atoms with Gasteiger partial charge in [0.2, 0.25) is 0 Å². The first-order chi connectivity index (χ1) is 15.0. The third-order valence-corrected chi connectivity index (χ3v) is 5.30. The van der Waals surface area contributed by atoms with Crippen LogP contribution in [0.15, 0.2) is 82.4 Å². The molecule has 4 aromatic carbocycles. The molecule has 0 bridgehead atoms. The Morgan fingerprint density at radius 2 is 1.68 bits per heavy atom. The number of hydrogen-bond acceptors (Lipinski definition) is 5. The van der Waals surface area contributed by atoms with Crippen molar-refractivity contribution in [2.75, 3.05) is 6.61 Å². The normalized spacial score (nSPS) is 11.1. The van der Waals surface area contributed by atoms with Crippen molar-refractivity contribution in [2.24, 2.45) is 5.10 Å². The molecule has 0 aliphatic rings. The SMILES string of the molecule is O=C(COc1ccc([N+](=O)[O-])cc1Br)NN=Cc1c2ccccc2cc2ccccc12. The van der Waals surface area contributed by atoms with Crippen LogP contribution in [0.2, 0.25) is 0 Å². The number of carbonyl (C=O) groups excluding carboxylic acids is 1. The van der Waals surface area contributed by atoms with Crippen LogP contribution in [-0.2, 0) is 4.79 Å². The summed E-state index contributed by atoms with van der Waals surface area (Å²) in [6, 6.07) is 22.2. The molecule has 0 fully saturated rings. The van der Waals surface area contributed by atoms with Gasteiger partial charge in [0.25, 0.3) is 11.6 Å². The zero-order valence-electron chi connectivity index (χ0n) is 16.1. The highest BCUT2D eigenvalue weighted by Gasteiger charge is 2.11. The molecule has 0 atom stereocenters. The van der Waals surface area contributed by atoms with Crippen molar-refractivity contribution in [1.82, 2.24) is 5.43 Å². The van der Waals surface area contributed by atoms with E-state index in [1.165, 1.54) is 18.2 Å². The number of nitrogens with one attached hydrogen (secondary N) is 1. The van der Waals surface area contributed by atoms with E-state index in [1.54, 1.807) is 6.21 Å². The third kappa shape index (κ3) is 4.54. The molecule has 0 radical (unpaired) electrons. The van der Waals surface area contributed by atoms with Gasteiger partial charge in [0.1, 0.15) is 5.75 Å². The van der Waals surface area contributed by atoms with Crippen molar-refractivity contribution >= 4 is 55.3 Å². The monoisotopic (exact) mass is 477 g/mol. The molecule has 4 aromatic rings. The van der Waals surface area contributed by atoms with Crippen molar-refractivity contribution in [3.8, 4) is 5.75 Å². The first-order valence-corrected chi connectivity index (χ1v) is 10.1. The maximum Gasteiger partial charge on any atom is 0.277 e. The van der Waals surface area contributed by atoms with Crippen LogP contribution in [0.4, 0.5) is 5.69 Å². The smallest absolute Gasteiger partial charge is 0.277 e. The van der Waals surface area contributed by atoms with Gasteiger partial charge in [0.05, 0.1) is 15.6 Å². The molecule has 0 aromatic heterocycles. The summed E-state index contributed by atoms with van der Waals surface area (Å²) in [7, 11) is 0. The van der Waals surface area contributed by atoms with Crippen LogP contribution in [0.25, 0.3) is 21.5 Å². The Hall–Kier alpha value is -3.78. The standard InChI is InChI=1S/C23H16BrN3O4/c24-21-12-17(27(29)30)9-10-22(21)31-14-23(28)26-25-13-20-18-7-3-1-5-15(18)11-16-6-2-4-8-19(16)20/h1-13H,14H2,(H,26,28). The number of amides is 1. The Morgan fingerprint density at radius 1 is 1.03 bits per heavy atom. The van der Waals surface area contributed by atoms with Crippen LogP contribution >= 0.6 is 15.9 Å². The number of rotatable bonds is 6. The fourth-order valence-electron chi connectivity index (χ4n) is 3.25. The number of hydrazone groups is 1. The molecule has 31 heavy (non-hydrogen) atoms. The molecule has 0 aliphatic heterocycles. The minimum absolute atomic E-state index is 0.0735. The van der Waals surface area contributed by atoms with Crippen molar-refractivity contribution in [2.45, 2.75) is 0 Å². The Labute approximate surface area is 185 Å². The fourth-order valence-corrected chi connectivity index (χ4v) is 3.73. The van der Waals surface area contributed by atoms with E-state index in [4.69, 9.17) is 4.74 Å². The molecule has 0 unspecified atom stereocenters. The van der Waals surface area contributed by atoms with E-state index < -0.39 is 10.8 Å². The molecule has 1 amide bonds. The molecule has 8 heteroatoms. The lowest BCUT2D eigenvalue weighted by Crippen LogP contribution is -2.24. The Balaban J connectivity index is 1.48. The molecule has 4 rings (SSSR count). The number of nitrogens with zero attached hydrogens (tertiary/aromatic N) is 2. The number of halogens is 1. The van der Waals surface area contributed by atoms with E-state index in [-0.39, 0.29) is 12.3 Å². The van der Waals surface area contributed by atoms with Crippen LogP contribution in [0, 0.1) is 10.1 Å². The minimum atomic E-state index is -0.507. The number of non-ortho nitro benzene ring substituents is 1. The molecular weight excluding hydrogens is 462 g/mol. The molecule has 1 N–H and O–H groups in total. The Kier molecular flexibility index (Phi) is 5.90. The zero-order valence-corrected chi connectivity index (χ0v) is 17.7. The van der Waals surface area contributed by atoms with Gasteiger partial charge in [-0.2, -0.15) is 5.10 Å². The summed E-state index contributed by atoms with van der Waals surface area (Å²) in [6.07, 6.45) is 1.63. The number of fused-ring (bicyclic) bond motifs is 2. The van der Waals surface area contributed by atoms with Gasteiger partial charge in [0, 0.05) is 17.7 Å². The zero-order chi connectivity index (χ0) is 21.8. The first-order valence-electron chi connectivity index (χ1n) is 9.32. The quantitative estimate of drug-likeness (QED) is 0.179. The topological polar surface area (TPSA) is 93.8 Å². The second kappa shape index (κ2) is 8.93. The number of nitro groups is 1. The largest absolute Gasteiger partial charge is 0.483 e. The van der Waals surface area contributed by atoms with Crippen molar-refractivity contribution in [3.05, 3.63) is 92.9 Å². The fraction of sp³-hybridized carbons (Fsp3) is 0.0435. The van der Waals surface area contributed by atoms with Gasteiger partial charge in [-0.1, -0.05) is 48.5 Å².